The number of likely N-dealkylation sites (N-methyl/N-ethyl adjacent to an activating group) is 1. The Hall–Kier alpha value is -1.59. The minimum atomic E-state index is -0.480. The Morgan fingerprint density at radius 1 is 1.48 bits per heavy atom. The molecule has 1 aliphatic heterocycles. The molecule has 5 nitrogen and oxygen atoms in total. The van der Waals surface area contributed by atoms with Crippen molar-refractivity contribution in [3.05, 3.63) is 28.8 Å². The van der Waals surface area contributed by atoms with Gasteiger partial charge in [-0.25, -0.2) is 0 Å². The summed E-state index contributed by atoms with van der Waals surface area (Å²) in [6, 6.07) is 5.09. The largest absolute Gasteiger partial charge is 0.391 e. The lowest BCUT2D eigenvalue weighted by molar-refractivity contribution is -0.117. The van der Waals surface area contributed by atoms with Crippen molar-refractivity contribution < 1.29 is 14.7 Å². The third-order valence-corrected chi connectivity index (χ3v) is 4.87. The number of aliphatic hydroxyl groups excluding tert-OH is 1. The second-order valence-corrected chi connectivity index (χ2v) is 6.81. The molecule has 0 aromatic heterocycles. The van der Waals surface area contributed by atoms with E-state index in [1.807, 2.05) is 0 Å². The average Bonchev–Trinajstić information content (AvgIpc) is 3.29. The number of carbonyl (C=O) groups excluding carboxylic acids is 2. The number of carbonyl (C=O) groups is 2. The van der Waals surface area contributed by atoms with Gasteiger partial charge >= 0.3 is 0 Å². The van der Waals surface area contributed by atoms with Gasteiger partial charge in [0.1, 0.15) is 0 Å². The van der Waals surface area contributed by atoms with Crippen molar-refractivity contribution in [2.45, 2.75) is 31.8 Å². The Balaban J connectivity index is 1.77. The number of halogens is 1. The van der Waals surface area contributed by atoms with Gasteiger partial charge in [0.05, 0.1) is 16.7 Å². The highest BCUT2D eigenvalue weighted by Gasteiger charge is 2.31. The molecule has 1 aromatic rings. The zero-order valence-electron chi connectivity index (χ0n) is 13.2. The van der Waals surface area contributed by atoms with E-state index in [1.54, 1.807) is 30.1 Å². The summed E-state index contributed by atoms with van der Waals surface area (Å²) in [6.45, 7) is 0.969. The van der Waals surface area contributed by atoms with Crippen molar-refractivity contribution in [3.8, 4) is 0 Å². The number of benzene rings is 1. The monoisotopic (exact) mass is 336 g/mol. The average molecular weight is 337 g/mol. The fourth-order valence-corrected chi connectivity index (χ4v) is 3.16. The molecule has 2 amide bonds. The van der Waals surface area contributed by atoms with E-state index < -0.39 is 6.10 Å². The molecule has 6 heteroatoms. The van der Waals surface area contributed by atoms with Crippen LogP contribution in [0.25, 0.3) is 0 Å². The van der Waals surface area contributed by atoms with E-state index >= 15 is 0 Å². The van der Waals surface area contributed by atoms with Gasteiger partial charge in [0.2, 0.25) is 5.91 Å². The fourth-order valence-electron chi connectivity index (χ4n) is 2.97. The number of aliphatic hydroxyl groups is 1. The summed E-state index contributed by atoms with van der Waals surface area (Å²) >= 11 is 6.18. The molecule has 124 valence electrons. The van der Waals surface area contributed by atoms with Crippen molar-refractivity contribution in [3.63, 3.8) is 0 Å². The summed E-state index contributed by atoms with van der Waals surface area (Å²) in [7, 11) is 1.66. The summed E-state index contributed by atoms with van der Waals surface area (Å²) in [5.41, 5.74) is 1.07. The third-order valence-electron chi connectivity index (χ3n) is 4.54. The van der Waals surface area contributed by atoms with Gasteiger partial charge in [-0.15, -0.1) is 0 Å². The zero-order valence-corrected chi connectivity index (χ0v) is 13.9. The Morgan fingerprint density at radius 3 is 2.83 bits per heavy atom. The normalized spacial score (nSPS) is 19.1. The molecule has 1 unspecified atom stereocenters. The first kappa shape index (κ1) is 16.3. The standard InChI is InChI=1S/C17H21ClN2O3/c1-19(10-15(21)11-4-5-11)17(23)13-9-12(6-7-14(13)18)20-8-2-3-16(20)22/h6-7,9,11,15,21H,2-5,8,10H2,1H3. The second kappa shape index (κ2) is 6.49. The maximum atomic E-state index is 12.6. The lowest BCUT2D eigenvalue weighted by atomic mass is 10.1. The predicted octanol–water partition coefficient (Wildman–Crippen LogP) is 2.31. The molecule has 23 heavy (non-hydrogen) atoms. The molecule has 1 saturated heterocycles. The van der Waals surface area contributed by atoms with E-state index in [4.69, 9.17) is 11.6 Å². The Labute approximate surface area is 140 Å². The second-order valence-electron chi connectivity index (χ2n) is 6.40. The molecule has 0 spiro atoms. The molecule has 3 rings (SSSR count). The lowest BCUT2D eigenvalue weighted by Gasteiger charge is -2.22. The first-order valence-corrected chi connectivity index (χ1v) is 8.38. The maximum Gasteiger partial charge on any atom is 0.255 e. The van der Waals surface area contributed by atoms with Crippen LogP contribution in [-0.2, 0) is 4.79 Å². The molecule has 1 aromatic carbocycles. The van der Waals surface area contributed by atoms with Crippen LogP contribution in [0.15, 0.2) is 18.2 Å². The van der Waals surface area contributed by atoms with Gasteiger partial charge in [0, 0.05) is 32.2 Å². The molecule has 2 aliphatic rings. The number of amides is 2. The van der Waals surface area contributed by atoms with Crippen molar-refractivity contribution >= 4 is 29.1 Å². The van der Waals surface area contributed by atoms with Crippen LogP contribution in [0.5, 0.6) is 0 Å². The van der Waals surface area contributed by atoms with Crippen molar-refractivity contribution in [2.75, 3.05) is 25.0 Å². The van der Waals surface area contributed by atoms with Crippen LogP contribution in [0.1, 0.15) is 36.0 Å². The zero-order chi connectivity index (χ0) is 16.6. The Bertz CT molecular complexity index is 630. The van der Waals surface area contributed by atoms with Crippen LogP contribution in [0.2, 0.25) is 5.02 Å². The number of nitrogens with zero attached hydrogens (tertiary/aromatic N) is 2. The van der Waals surface area contributed by atoms with Gasteiger partial charge in [0.25, 0.3) is 5.91 Å². The maximum absolute atomic E-state index is 12.6. The molecule has 1 aliphatic carbocycles. The van der Waals surface area contributed by atoms with E-state index in [0.29, 0.717) is 41.7 Å². The van der Waals surface area contributed by atoms with Crippen LogP contribution < -0.4 is 4.90 Å². The molecule has 1 saturated carbocycles. The van der Waals surface area contributed by atoms with Crippen molar-refractivity contribution in [1.29, 1.82) is 0 Å². The van der Waals surface area contributed by atoms with E-state index in [1.165, 1.54) is 4.90 Å². The van der Waals surface area contributed by atoms with Gasteiger partial charge in [-0.2, -0.15) is 0 Å². The highest BCUT2D eigenvalue weighted by Crippen LogP contribution is 2.33. The van der Waals surface area contributed by atoms with Crippen LogP contribution >= 0.6 is 11.6 Å². The van der Waals surface area contributed by atoms with Crippen LogP contribution in [0.4, 0.5) is 5.69 Å². The topological polar surface area (TPSA) is 60.9 Å². The highest BCUT2D eigenvalue weighted by molar-refractivity contribution is 6.34. The molecule has 2 fully saturated rings. The van der Waals surface area contributed by atoms with Gasteiger partial charge in [-0.3, -0.25) is 9.59 Å². The SMILES string of the molecule is CN(CC(O)C1CC1)C(=O)c1cc(N2CCCC2=O)ccc1Cl. The first-order chi connectivity index (χ1) is 11.0. The lowest BCUT2D eigenvalue weighted by Crippen LogP contribution is -2.35. The van der Waals surface area contributed by atoms with Gasteiger partial charge in [-0.05, 0) is 43.4 Å². The van der Waals surface area contributed by atoms with E-state index in [0.717, 1.165) is 19.3 Å². The Kier molecular flexibility index (Phi) is 4.60. The molecular weight excluding hydrogens is 316 g/mol. The van der Waals surface area contributed by atoms with Gasteiger partial charge in [0.15, 0.2) is 0 Å². The van der Waals surface area contributed by atoms with E-state index in [9.17, 15) is 14.7 Å². The van der Waals surface area contributed by atoms with E-state index in [-0.39, 0.29) is 11.8 Å². The smallest absolute Gasteiger partial charge is 0.255 e. The number of rotatable bonds is 5. The minimum Gasteiger partial charge on any atom is -0.391 e. The third kappa shape index (κ3) is 3.51. The summed E-state index contributed by atoms with van der Waals surface area (Å²) in [4.78, 5) is 27.7. The highest BCUT2D eigenvalue weighted by atomic mass is 35.5. The minimum absolute atomic E-state index is 0.0724. The van der Waals surface area contributed by atoms with Crippen molar-refractivity contribution in [1.82, 2.24) is 4.90 Å². The number of anilines is 1. The van der Waals surface area contributed by atoms with Crippen LogP contribution in [0, 0.1) is 5.92 Å². The summed E-state index contributed by atoms with van der Waals surface area (Å²) in [5.74, 6) is 0.153. The fraction of sp³-hybridized carbons (Fsp3) is 0.529. The van der Waals surface area contributed by atoms with Crippen molar-refractivity contribution in [2.24, 2.45) is 5.92 Å². The first-order valence-electron chi connectivity index (χ1n) is 8.01. The molecular formula is C17H21ClN2O3. The molecule has 0 bridgehead atoms. The van der Waals surface area contributed by atoms with Gasteiger partial charge in [-0.1, -0.05) is 11.6 Å². The van der Waals surface area contributed by atoms with E-state index in [2.05, 4.69) is 0 Å². The quantitative estimate of drug-likeness (QED) is 0.897. The summed E-state index contributed by atoms with van der Waals surface area (Å²) in [6.07, 6.45) is 2.94. The Morgan fingerprint density at radius 2 is 2.22 bits per heavy atom. The molecule has 1 atom stereocenters. The molecule has 1 N–H and O–H groups in total. The molecule has 0 radical (unpaired) electrons. The predicted molar refractivity (Wildman–Crippen MR) is 88.7 cm³/mol. The molecule has 1 heterocycles. The number of hydrogen-bond donors (Lipinski definition) is 1. The summed E-state index contributed by atoms with van der Waals surface area (Å²) in [5, 5.41) is 10.4. The summed E-state index contributed by atoms with van der Waals surface area (Å²) < 4.78 is 0. The van der Waals surface area contributed by atoms with Gasteiger partial charge < -0.3 is 14.9 Å². The van der Waals surface area contributed by atoms with Crippen LogP contribution in [-0.4, -0.2) is 48.1 Å². The van der Waals surface area contributed by atoms with Crippen LogP contribution in [0.3, 0.4) is 0 Å². The number of hydrogen-bond acceptors (Lipinski definition) is 3.